The summed E-state index contributed by atoms with van der Waals surface area (Å²) in [6.07, 6.45) is 17.0. The molecule has 0 saturated heterocycles. The number of halogens is 1. The van der Waals surface area contributed by atoms with Gasteiger partial charge in [-0.2, -0.15) is 0 Å². The van der Waals surface area contributed by atoms with Gasteiger partial charge in [0, 0.05) is 12.8 Å². The lowest BCUT2D eigenvalue weighted by molar-refractivity contribution is 0.375. The highest BCUT2D eigenvalue weighted by Gasteiger charge is 2.27. The van der Waals surface area contributed by atoms with Crippen LogP contribution in [0.3, 0.4) is 0 Å². The van der Waals surface area contributed by atoms with Crippen molar-refractivity contribution in [2.24, 2.45) is 10.4 Å². The fourth-order valence-electron chi connectivity index (χ4n) is 3.18. The highest BCUT2D eigenvalue weighted by atomic mass is 19.1. The van der Waals surface area contributed by atoms with Crippen molar-refractivity contribution in [3.8, 4) is 0 Å². The monoisotopic (exact) mass is 357 g/mol. The normalized spacial score (nSPS) is 19.9. The maximum absolute atomic E-state index is 14.6. The summed E-state index contributed by atoms with van der Waals surface area (Å²) in [5.41, 5.74) is 4.31. The van der Waals surface area contributed by atoms with E-state index in [0.717, 1.165) is 43.4 Å². The van der Waals surface area contributed by atoms with Gasteiger partial charge in [-0.25, -0.2) is 4.39 Å². The van der Waals surface area contributed by atoms with Crippen LogP contribution in [0.25, 0.3) is 0 Å². The molecule has 0 amide bonds. The Hall–Kier alpha value is -1.70. The predicted molar refractivity (Wildman–Crippen MR) is 114 cm³/mol. The first kappa shape index (κ1) is 22.3. The zero-order valence-electron chi connectivity index (χ0n) is 17.5. The molecule has 0 bridgehead atoms. The molecule has 0 fully saturated rings. The van der Waals surface area contributed by atoms with E-state index in [2.05, 4.69) is 32.7 Å². The molecular formula is C24H36FN. The Morgan fingerprint density at radius 3 is 2.62 bits per heavy atom. The number of hydrogen-bond acceptors (Lipinski definition) is 1. The van der Waals surface area contributed by atoms with Gasteiger partial charge >= 0.3 is 0 Å². The molecule has 1 aliphatic carbocycles. The zero-order chi connectivity index (χ0) is 19.6. The molecular weight excluding hydrogens is 321 g/mol. The lowest BCUT2D eigenvalue weighted by Crippen LogP contribution is -2.19. The fourth-order valence-corrected chi connectivity index (χ4v) is 3.18. The molecule has 0 heterocycles. The summed E-state index contributed by atoms with van der Waals surface area (Å²) in [5.74, 6) is -0.137. The molecule has 0 spiro atoms. The van der Waals surface area contributed by atoms with Gasteiger partial charge < -0.3 is 0 Å². The van der Waals surface area contributed by atoms with Crippen molar-refractivity contribution in [2.75, 3.05) is 6.54 Å². The third kappa shape index (κ3) is 7.68. The Morgan fingerprint density at radius 2 is 1.96 bits per heavy atom. The topological polar surface area (TPSA) is 12.4 Å². The predicted octanol–water partition coefficient (Wildman–Crippen LogP) is 7.69. The first-order chi connectivity index (χ1) is 12.3. The maximum atomic E-state index is 14.6. The minimum atomic E-state index is -0.137. The van der Waals surface area contributed by atoms with Gasteiger partial charge in [-0.15, -0.1) is 0 Å². The van der Waals surface area contributed by atoms with E-state index in [1.54, 1.807) is 6.08 Å². The quantitative estimate of drug-likeness (QED) is 0.240. The molecule has 0 aliphatic heterocycles. The van der Waals surface area contributed by atoms with E-state index in [4.69, 9.17) is 0 Å². The van der Waals surface area contributed by atoms with Crippen LogP contribution in [0.1, 0.15) is 73.6 Å². The number of aliphatic imine (C=N–C) groups is 1. The van der Waals surface area contributed by atoms with Crippen molar-refractivity contribution in [1.29, 1.82) is 0 Å². The summed E-state index contributed by atoms with van der Waals surface area (Å²) in [6, 6.07) is 0. The molecule has 1 aliphatic rings. The number of hydrogen-bond donors (Lipinski definition) is 0. The van der Waals surface area contributed by atoms with Crippen molar-refractivity contribution in [2.45, 2.75) is 73.6 Å². The molecule has 0 saturated carbocycles. The minimum Gasteiger partial charge on any atom is -0.293 e. The maximum Gasteiger partial charge on any atom is 0.126 e. The summed E-state index contributed by atoms with van der Waals surface area (Å²) in [6.45, 7) is 13.5. The highest BCUT2D eigenvalue weighted by Crippen LogP contribution is 2.41. The van der Waals surface area contributed by atoms with E-state index in [9.17, 15) is 4.39 Å². The van der Waals surface area contributed by atoms with Gasteiger partial charge in [0.25, 0.3) is 0 Å². The van der Waals surface area contributed by atoms with Crippen LogP contribution < -0.4 is 0 Å². The Bertz CT molecular complexity index is 639. The Balaban J connectivity index is 2.77. The minimum absolute atomic E-state index is 0.0617. The van der Waals surface area contributed by atoms with E-state index >= 15 is 0 Å². The molecule has 2 heteroatoms. The van der Waals surface area contributed by atoms with Crippen molar-refractivity contribution in [1.82, 2.24) is 0 Å². The molecule has 26 heavy (non-hydrogen) atoms. The van der Waals surface area contributed by atoms with E-state index < -0.39 is 0 Å². The Kier molecular flexibility index (Phi) is 9.54. The van der Waals surface area contributed by atoms with E-state index in [0.29, 0.717) is 5.57 Å². The number of rotatable bonds is 8. The van der Waals surface area contributed by atoms with Crippen LogP contribution in [-0.4, -0.2) is 12.8 Å². The second-order valence-electron chi connectivity index (χ2n) is 7.95. The molecule has 0 radical (unpaired) electrons. The Labute approximate surface area is 160 Å². The number of nitrogens with zero attached hydrogens (tertiary/aromatic N) is 1. The van der Waals surface area contributed by atoms with Crippen molar-refractivity contribution in [3.63, 3.8) is 0 Å². The standard InChI is InChI=1S/C24H36FN/c1-7-8-16-26-17-14-19(2)11-9-12-21(4)23(25)18-22-20(3)13-10-15-24(22,5)6/h9,11-12,14,17-18H,7-8,10,13,15-16H2,1-6H3/b11-9+,19-14+,21-12-,23-18+,26-17?. The van der Waals surface area contributed by atoms with Gasteiger partial charge in [0.05, 0.1) is 0 Å². The molecule has 1 nitrogen and oxygen atoms in total. The van der Waals surface area contributed by atoms with Crippen LogP contribution in [0.15, 0.2) is 63.5 Å². The molecule has 0 aromatic carbocycles. The van der Waals surface area contributed by atoms with Crippen molar-refractivity contribution < 1.29 is 4.39 Å². The Morgan fingerprint density at radius 1 is 1.23 bits per heavy atom. The zero-order valence-corrected chi connectivity index (χ0v) is 17.5. The molecule has 0 unspecified atom stereocenters. The first-order valence-corrected chi connectivity index (χ1v) is 9.87. The van der Waals surface area contributed by atoms with E-state index in [1.165, 1.54) is 12.0 Å². The summed E-state index contributed by atoms with van der Waals surface area (Å²) in [5, 5.41) is 0. The number of allylic oxidation sites excluding steroid dienone is 10. The summed E-state index contributed by atoms with van der Waals surface area (Å²) in [7, 11) is 0. The van der Waals surface area contributed by atoms with Crippen LogP contribution in [0, 0.1) is 5.41 Å². The van der Waals surface area contributed by atoms with Gasteiger partial charge in [-0.1, -0.05) is 51.0 Å². The molecule has 144 valence electrons. The summed E-state index contributed by atoms with van der Waals surface area (Å²) in [4.78, 5) is 4.33. The fraction of sp³-hybridized carbons (Fsp3) is 0.542. The number of unbranched alkanes of at least 4 members (excludes halogenated alkanes) is 1. The van der Waals surface area contributed by atoms with Crippen LogP contribution in [0.4, 0.5) is 4.39 Å². The molecule has 0 aromatic rings. The van der Waals surface area contributed by atoms with Crippen LogP contribution in [0.5, 0.6) is 0 Å². The third-order valence-corrected chi connectivity index (χ3v) is 4.98. The van der Waals surface area contributed by atoms with Gasteiger partial charge in [0.1, 0.15) is 5.83 Å². The molecule has 0 N–H and O–H groups in total. The first-order valence-electron chi connectivity index (χ1n) is 9.87. The third-order valence-electron chi connectivity index (χ3n) is 4.98. The highest BCUT2D eigenvalue weighted by molar-refractivity contribution is 5.72. The summed E-state index contributed by atoms with van der Waals surface area (Å²) >= 11 is 0. The summed E-state index contributed by atoms with van der Waals surface area (Å²) < 4.78 is 14.6. The SMILES string of the molecule is CCCCN=C/C=C(C)/C=C/C=C(C)\C(F)=C/C1=C(C)CCCC1(C)C. The second kappa shape index (κ2) is 11.1. The molecule has 1 rings (SSSR count). The van der Waals surface area contributed by atoms with Crippen LogP contribution in [-0.2, 0) is 0 Å². The van der Waals surface area contributed by atoms with E-state index in [1.807, 2.05) is 44.4 Å². The lowest BCUT2D eigenvalue weighted by Gasteiger charge is -2.33. The van der Waals surface area contributed by atoms with Gasteiger partial charge in [0.15, 0.2) is 0 Å². The largest absolute Gasteiger partial charge is 0.293 e. The lowest BCUT2D eigenvalue weighted by atomic mass is 9.72. The van der Waals surface area contributed by atoms with Gasteiger partial charge in [-0.05, 0) is 80.7 Å². The average Bonchev–Trinajstić information content (AvgIpc) is 2.57. The smallest absolute Gasteiger partial charge is 0.126 e. The second-order valence-corrected chi connectivity index (χ2v) is 7.95. The van der Waals surface area contributed by atoms with Crippen molar-refractivity contribution in [3.05, 3.63) is 58.5 Å². The average molecular weight is 358 g/mol. The van der Waals surface area contributed by atoms with Crippen molar-refractivity contribution >= 4 is 6.21 Å². The van der Waals surface area contributed by atoms with Crippen LogP contribution in [0.2, 0.25) is 0 Å². The van der Waals surface area contributed by atoms with Gasteiger partial charge in [0.2, 0.25) is 0 Å². The van der Waals surface area contributed by atoms with Gasteiger partial charge in [-0.3, -0.25) is 4.99 Å². The van der Waals surface area contributed by atoms with E-state index in [-0.39, 0.29) is 11.2 Å². The van der Waals surface area contributed by atoms with Crippen LogP contribution >= 0.6 is 0 Å². The molecule has 0 aromatic heterocycles. The molecule has 0 atom stereocenters.